The summed E-state index contributed by atoms with van der Waals surface area (Å²) in [6.45, 7) is 6.27. The monoisotopic (exact) mass is 304 g/mol. The largest absolute Gasteiger partial charge is 0.487 e. The number of anilines is 2. The molecule has 1 aromatic heterocycles. The Morgan fingerprint density at radius 3 is 2.43 bits per heavy atom. The molecule has 2 aromatic rings. The highest BCUT2D eigenvalue weighted by Gasteiger charge is 2.07. The van der Waals surface area contributed by atoms with Gasteiger partial charge in [0.05, 0.1) is 7.11 Å². The maximum atomic E-state index is 11.2. The molecule has 2 rings (SSSR count). The van der Waals surface area contributed by atoms with Crippen LogP contribution >= 0.6 is 11.3 Å². The van der Waals surface area contributed by atoms with E-state index in [-0.39, 0.29) is 5.91 Å². The standard InChI is InChI=1S/C16H20N2O2S/c1-10-7-13(8-11(2)16(10)18-12(3)19)17-9-14-5-6-15(20-4)21-14/h5-8,17H,9H2,1-4H3,(H,18,19). The lowest BCUT2D eigenvalue weighted by atomic mass is 10.1. The number of hydrogen-bond acceptors (Lipinski definition) is 4. The van der Waals surface area contributed by atoms with Crippen LogP contribution < -0.4 is 15.4 Å². The van der Waals surface area contributed by atoms with Crippen LogP contribution in [0.15, 0.2) is 24.3 Å². The van der Waals surface area contributed by atoms with Crippen molar-refractivity contribution in [2.45, 2.75) is 27.3 Å². The zero-order chi connectivity index (χ0) is 15.4. The second-order valence-corrected chi connectivity index (χ2v) is 6.08. The fourth-order valence-corrected chi connectivity index (χ4v) is 2.95. The van der Waals surface area contributed by atoms with Crippen LogP contribution in [0.5, 0.6) is 5.06 Å². The topological polar surface area (TPSA) is 50.4 Å². The average molecular weight is 304 g/mol. The highest BCUT2D eigenvalue weighted by Crippen LogP contribution is 2.27. The Balaban J connectivity index is 2.08. The summed E-state index contributed by atoms with van der Waals surface area (Å²) in [5, 5.41) is 7.19. The molecule has 0 aliphatic rings. The van der Waals surface area contributed by atoms with E-state index >= 15 is 0 Å². The van der Waals surface area contributed by atoms with Gasteiger partial charge < -0.3 is 15.4 Å². The third-order valence-corrected chi connectivity index (χ3v) is 4.19. The van der Waals surface area contributed by atoms with Crippen molar-refractivity contribution >= 4 is 28.6 Å². The number of amides is 1. The lowest BCUT2D eigenvalue weighted by Gasteiger charge is -2.14. The number of nitrogens with one attached hydrogen (secondary N) is 2. The van der Waals surface area contributed by atoms with E-state index in [1.807, 2.05) is 32.0 Å². The number of hydrogen-bond donors (Lipinski definition) is 2. The number of ether oxygens (including phenoxy) is 1. The SMILES string of the molecule is COc1ccc(CNc2cc(C)c(NC(C)=O)c(C)c2)s1. The highest BCUT2D eigenvalue weighted by molar-refractivity contribution is 7.13. The van der Waals surface area contributed by atoms with Crippen molar-refractivity contribution in [1.29, 1.82) is 0 Å². The summed E-state index contributed by atoms with van der Waals surface area (Å²) < 4.78 is 5.19. The number of thiophene rings is 1. The lowest BCUT2D eigenvalue weighted by Crippen LogP contribution is -2.09. The molecular weight excluding hydrogens is 284 g/mol. The number of methoxy groups -OCH3 is 1. The molecule has 0 saturated carbocycles. The van der Waals surface area contributed by atoms with Gasteiger partial charge in [-0.05, 0) is 49.2 Å². The molecule has 2 N–H and O–H groups in total. The van der Waals surface area contributed by atoms with E-state index < -0.39 is 0 Å². The van der Waals surface area contributed by atoms with Crippen molar-refractivity contribution in [3.63, 3.8) is 0 Å². The van der Waals surface area contributed by atoms with E-state index in [0.717, 1.165) is 34.1 Å². The predicted octanol–water partition coefficient (Wildman–Crippen LogP) is 3.94. The van der Waals surface area contributed by atoms with Gasteiger partial charge in [-0.15, -0.1) is 11.3 Å². The summed E-state index contributed by atoms with van der Waals surface area (Å²) in [5.74, 6) is -0.0485. The maximum Gasteiger partial charge on any atom is 0.221 e. The fraction of sp³-hybridized carbons (Fsp3) is 0.312. The molecule has 0 saturated heterocycles. The van der Waals surface area contributed by atoms with Gasteiger partial charge in [0, 0.05) is 29.7 Å². The number of carbonyl (C=O) groups is 1. The molecule has 0 bridgehead atoms. The molecule has 0 atom stereocenters. The summed E-state index contributed by atoms with van der Waals surface area (Å²) in [6.07, 6.45) is 0. The number of rotatable bonds is 5. The molecule has 5 heteroatoms. The van der Waals surface area contributed by atoms with Gasteiger partial charge in [-0.2, -0.15) is 0 Å². The van der Waals surface area contributed by atoms with Crippen LogP contribution in [0.1, 0.15) is 22.9 Å². The maximum absolute atomic E-state index is 11.2. The van der Waals surface area contributed by atoms with Crippen LogP contribution in [0, 0.1) is 13.8 Å². The first-order valence-electron chi connectivity index (χ1n) is 6.75. The normalized spacial score (nSPS) is 10.3. The molecule has 4 nitrogen and oxygen atoms in total. The third-order valence-electron chi connectivity index (χ3n) is 3.14. The zero-order valence-electron chi connectivity index (χ0n) is 12.7. The van der Waals surface area contributed by atoms with Gasteiger partial charge in [-0.3, -0.25) is 4.79 Å². The minimum Gasteiger partial charge on any atom is -0.487 e. The molecule has 1 aromatic carbocycles. The summed E-state index contributed by atoms with van der Waals surface area (Å²) in [5.41, 5.74) is 4.05. The van der Waals surface area contributed by atoms with Crippen molar-refractivity contribution < 1.29 is 9.53 Å². The highest BCUT2D eigenvalue weighted by atomic mass is 32.1. The smallest absolute Gasteiger partial charge is 0.221 e. The molecule has 0 fully saturated rings. The van der Waals surface area contributed by atoms with E-state index in [0.29, 0.717) is 0 Å². The minimum atomic E-state index is -0.0485. The van der Waals surface area contributed by atoms with Gasteiger partial charge >= 0.3 is 0 Å². The molecule has 0 aliphatic carbocycles. The van der Waals surface area contributed by atoms with Crippen LogP contribution in [0.2, 0.25) is 0 Å². The second-order valence-electron chi connectivity index (χ2n) is 4.94. The first kappa shape index (κ1) is 15.4. The predicted molar refractivity (Wildman–Crippen MR) is 88.4 cm³/mol. The summed E-state index contributed by atoms with van der Waals surface area (Å²) in [4.78, 5) is 12.4. The second kappa shape index (κ2) is 6.63. The quantitative estimate of drug-likeness (QED) is 0.879. The van der Waals surface area contributed by atoms with Crippen LogP contribution in [-0.4, -0.2) is 13.0 Å². The number of aryl methyl sites for hydroxylation is 2. The molecule has 0 spiro atoms. The van der Waals surface area contributed by atoms with Crippen molar-refractivity contribution in [1.82, 2.24) is 0 Å². The minimum absolute atomic E-state index is 0.0485. The van der Waals surface area contributed by atoms with Crippen molar-refractivity contribution in [2.24, 2.45) is 0 Å². The van der Waals surface area contributed by atoms with E-state index in [2.05, 4.69) is 16.7 Å². The Labute approximate surface area is 129 Å². The Morgan fingerprint density at radius 2 is 1.90 bits per heavy atom. The van der Waals surface area contributed by atoms with Crippen molar-refractivity contribution in [3.8, 4) is 5.06 Å². The van der Waals surface area contributed by atoms with Crippen LogP contribution in [0.25, 0.3) is 0 Å². The van der Waals surface area contributed by atoms with E-state index in [4.69, 9.17) is 4.74 Å². The first-order valence-corrected chi connectivity index (χ1v) is 7.56. The van der Waals surface area contributed by atoms with Gasteiger partial charge in [-0.25, -0.2) is 0 Å². The Morgan fingerprint density at radius 1 is 1.24 bits per heavy atom. The third kappa shape index (κ3) is 3.98. The first-order chi connectivity index (χ1) is 9.99. The van der Waals surface area contributed by atoms with Crippen LogP contribution in [-0.2, 0) is 11.3 Å². The lowest BCUT2D eigenvalue weighted by molar-refractivity contribution is -0.114. The van der Waals surface area contributed by atoms with Crippen molar-refractivity contribution in [3.05, 3.63) is 40.3 Å². The van der Waals surface area contributed by atoms with Gasteiger partial charge in [0.2, 0.25) is 5.91 Å². The fourth-order valence-electron chi connectivity index (χ4n) is 2.19. The van der Waals surface area contributed by atoms with Gasteiger partial charge in [0.25, 0.3) is 0 Å². The molecule has 0 unspecified atom stereocenters. The Hall–Kier alpha value is -2.01. The Kier molecular flexibility index (Phi) is 4.85. The van der Waals surface area contributed by atoms with E-state index in [1.165, 1.54) is 11.8 Å². The van der Waals surface area contributed by atoms with Crippen LogP contribution in [0.3, 0.4) is 0 Å². The van der Waals surface area contributed by atoms with Crippen molar-refractivity contribution in [2.75, 3.05) is 17.7 Å². The summed E-state index contributed by atoms with van der Waals surface area (Å²) in [6, 6.07) is 8.12. The van der Waals surface area contributed by atoms with Gasteiger partial charge in [-0.1, -0.05) is 0 Å². The molecular formula is C16H20N2O2S. The number of benzene rings is 1. The molecule has 0 aliphatic heterocycles. The Bertz CT molecular complexity index is 626. The van der Waals surface area contributed by atoms with Gasteiger partial charge in [0.1, 0.15) is 0 Å². The van der Waals surface area contributed by atoms with Gasteiger partial charge in [0.15, 0.2) is 5.06 Å². The zero-order valence-corrected chi connectivity index (χ0v) is 13.6. The van der Waals surface area contributed by atoms with E-state index in [1.54, 1.807) is 18.4 Å². The molecule has 1 heterocycles. The van der Waals surface area contributed by atoms with Crippen LogP contribution in [0.4, 0.5) is 11.4 Å². The van der Waals surface area contributed by atoms with E-state index in [9.17, 15) is 4.79 Å². The molecule has 0 radical (unpaired) electrons. The molecule has 1 amide bonds. The summed E-state index contributed by atoms with van der Waals surface area (Å²) in [7, 11) is 1.68. The summed E-state index contributed by atoms with van der Waals surface area (Å²) >= 11 is 1.63. The average Bonchev–Trinajstić information content (AvgIpc) is 2.88. The molecule has 21 heavy (non-hydrogen) atoms. The molecule has 112 valence electrons. The number of carbonyl (C=O) groups excluding carboxylic acids is 1.